The number of aryl methyl sites for hydroxylation is 2. The van der Waals surface area contributed by atoms with Gasteiger partial charge in [0.2, 0.25) is 0 Å². The van der Waals surface area contributed by atoms with E-state index in [9.17, 15) is 4.79 Å². The second-order valence-corrected chi connectivity index (χ2v) is 7.12. The van der Waals surface area contributed by atoms with Crippen LogP contribution < -0.4 is 4.90 Å². The number of pyridine rings is 1. The van der Waals surface area contributed by atoms with Gasteiger partial charge in [-0.3, -0.25) is 0 Å². The first-order valence-corrected chi connectivity index (χ1v) is 7.85. The Morgan fingerprint density at radius 2 is 2.00 bits per heavy atom. The highest BCUT2D eigenvalue weighted by Gasteiger charge is 2.31. The Hall–Kier alpha value is -1.78. The smallest absolute Gasteiger partial charge is 0.410 e. The average molecular weight is 305 g/mol. The van der Waals surface area contributed by atoms with E-state index in [4.69, 9.17) is 4.74 Å². The minimum atomic E-state index is -0.455. The van der Waals surface area contributed by atoms with Gasteiger partial charge in [0.1, 0.15) is 11.4 Å². The Morgan fingerprint density at radius 3 is 2.55 bits per heavy atom. The second-order valence-electron chi connectivity index (χ2n) is 7.12. The Labute approximate surface area is 133 Å². The molecule has 1 aliphatic rings. The van der Waals surface area contributed by atoms with Crippen LogP contribution in [-0.4, -0.2) is 47.3 Å². The van der Waals surface area contributed by atoms with Crippen molar-refractivity contribution in [1.82, 2.24) is 9.88 Å². The fourth-order valence-electron chi connectivity index (χ4n) is 2.78. The summed E-state index contributed by atoms with van der Waals surface area (Å²) in [7, 11) is 0. The molecule has 22 heavy (non-hydrogen) atoms. The molecule has 2 rings (SSSR count). The first kappa shape index (κ1) is 16.6. The number of amides is 1. The van der Waals surface area contributed by atoms with Crippen molar-refractivity contribution in [3.8, 4) is 0 Å². The van der Waals surface area contributed by atoms with Crippen LogP contribution in [0.5, 0.6) is 0 Å². The van der Waals surface area contributed by atoms with E-state index >= 15 is 0 Å². The molecule has 5 nitrogen and oxygen atoms in total. The lowest BCUT2D eigenvalue weighted by molar-refractivity contribution is 0.0158. The highest BCUT2D eigenvalue weighted by atomic mass is 16.6. The zero-order chi connectivity index (χ0) is 16.5. The maximum Gasteiger partial charge on any atom is 0.410 e. The van der Waals surface area contributed by atoms with Crippen molar-refractivity contribution in [3.63, 3.8) is 0 Å². The number of piperazine rings is 1. The molecule has 0 spiro atoms. The summed E-state index contributed by atoms with van der Waals surface area (Å²) in [6.07, 6.45) is 1.67. The standard InChI is InChI=1S/C17H27N3O2/c1-12-9-13(2)15(18-10-12)19-7-8-20(14(3)11-19)16(21)22-17(4,5)6/h9-10,14H,7-8,11H2,1-6H3. The zero-order valence-corrected chi connectivity index (χ0v) is 14.5. The van der Waals surface area contributed by atoms with E-state index in [0.717, 1.165) is 18.9 Å². The third-order valence-corrected chi connectivity index (χ3v) is 3.74. The Balaban J connectivity index is 2.05. The molecule has 1 unspecified atom stereocenters. The quantitative estimate of drug-likeness (QED) is 0.799. The highest BCUT2D eigenvalue weighted by Crippen LogP contribution is 2.22. The summed E-state index contributed by atoms with van der Waals surface area (Å²) >= 11 is 0. The van der Waals surface area contributed by atoms with Crippen molar-refractivity contribution < 1.29 is 9.53 Å². The lowest BCUT2D eigenvalue weighted by Crippen LogP contribution is -2.55. The van der Waals surface area contributed by atoms with E-state index in [-0.39, 0.29) is 12.1 Å². The van der Waals surface area contributed by atoms with Crippen LogP contribution in [0.25, 0.3) is 0 Å². The van der Waals surface area contributed by atoms with Gasteiger partial charge >= 0.3 is 6.09 Å². The summed E-state index contributed by atoms with van der Waals surface area (Å²) in [6.45, 7) is 14.1. The minimum Gasteiger partial charge on any atom is -0.444 e. The van der Waals surface area contributed by atoms with Crippen molar-refractivity contribution in [2.75, 3.05) is 24.5 Å². The summed E-state index contributed by atoms with van der Waals surface area (Å²) < 4.78 is 5.48. The summed E-state index contributed by atoms with van der Waals surface area (Å²) in [4.78, 5) is 20.9. The van der Waals surface area contributed by atoms with Crippen molar-refractivity contribution in [3.05, 3.63) is 23.4 Å². The van der Waals surface area contributed by atoms with Crippen LogP contribution in [0.3, 0.4) is 0 Å². The molecule has 1 atom stereocenters. The van der Waals surface area contributed by atoms with Gasteiger partial charge in [-0.25, -0.2) is 9.78 Å². The second kappa shape index (κ2) is 6.15. The molecule has 0 aromatic carbocycles. The Morgan fingerprint density at radius 1 is 1.32 bits per heavy atom. The van der Waals surface area contributed by atoms with Gasteiger partial charge in [-0.15, -0.1) is 0 Å². The zero-order valence-electron chi connectivity index (χ0n) is 14.5. The monoisotopic (exact) mass is 305 g/mol. The van der Waals surface area contributed by atoms with Crippen molar-refractivity contribution in [1.29, 1.82) is 0 Å². The summed E-state index contributed by atoms with van der Waals surface area (Å²) in [5.41, 5.74) is 1.89. The van der Waals surface area contributed by atoms with Gasteiger partial charge in [0.25, 0.3) is 0 Å². The van der Waals surface area contributed by atoms with E-state index in [1.54, 1.807) is 0 Å². The van der Waals surface area contributed by atoms with Gasteiger partial charge in [-0.2, -0.15) is 0 Å². The molecule has 0 aliphatic carbocycles. The first-order valence-electron chi connectivity index (χ1n) is 7.85. The van der Waals surface area contributed by atoms with Gasteiger partial charge < -0.3 is 14.5 Å². The molecule has 122 valence electrons. The fraction of sp³-hybridized carbons (Fsp3) is 0.647. The first-order chi connectivity index (χ1) is 10.2. The molecule has 1 aromatic rings. The van der Waals surface area contributed by atoms with E-state index in [1.807, 2.05) is 38.8 Å². The van der Waals surface area contributed by atoms with Crippen molar-refractivity contribution >= 4 is 11.9 Å². The minimum absolute atomic E-state index is 0.103. The van der Waals surface area contributed by atoms with Crippen LogP contribution in [0.2, 0.25) is 0 Å². The lowest BCUT2D eigenvalue weighted by Gasteiger charge is -2.41. The molecule has 2 heterocycles. The largest absolute Gasteiger partial charge is 0.444 e. The third-order valence-electron chi connectivity index (χ3n) is 3.74. The van der Waals surface area contributed by atoms with Crippen LogP contribution in [0.1, 0.15) is 38.8 Å². The normalized spacial score (nSPS) is 19.3. The maximum absolute atomic E-state index is 12.2. The molecule has 1 aromatic heterocycles. The number of hydrogen-bond acceptors (Lipinski definition) is 4. The van der Waals surface area contributed by atoms with Gasteiger partial charge in [0, 0.05) is 31.9 Å². The SMILES string of the molecule is Cc1cnc(N2CCN(C(=O)OC(C)(C)C)C(C)C2)c(C)c1. The molecular formula is C17H27N3O2. The van der Waals surface area contributed by atoms with Crippen LogP contribution in [0.4, 0.5) is 10.6 Å². The van der Waals surface area contributed by atoms with Crippen LogP contribution in [-0.2, 0) is 4.74 Å². The summed E-state index contributed by atoms with van der Waals surface area (Å²) in [5.74, 6) is 1.02. The number of carbonyl (C=O) groups is 1. The molecule has 0 N–H and O–H groups in total. The van der Waals surface area contributed by atoms with Crippen molar-refractivity contribution in [2.24, 2.45) is 0 Å². The third kappa shape index (κ3) is 3.90. The Kier molecular flexibility index (Phi) is 4.63. The van der Waals surface area contributed by atoms with Gasteiger partial charge in [-0.05, 0) is 52.7 Å². The number of rotatable bonds is 1. The van der Waals surface area contributed by atoms with Crippen LogP contribution in [0, 0.1) is 13.8 Å². The van der Waals surface area contributed by atoms with E-state index in [2.05, 4.69) is 29.8 Å². The lowest BCUT2D eigenvalue weighted by atomic mass is 10.1. The topological polar surface area (TPSA) is 45.7 Å². The number of hydrogen-bond donors (Lipinski definition) is 0. The molecular weight excluding hydrogens is 278 g/mol. The summed E-state index contributed by atoms with van der Waals surface area (Å²) in [6, 6.07) is 2.25. The number of anilines is 1. The molecule has 1 amide bonds. The molecule has 1 aliphatic heterocycles. The van der Waals surface area contributed by atoms with Crippen LogP contribution in [0.15, 0.2) is 12.3 Å². The van der Waals surface area contributed by atoms with Gasteiger partial charge in [0.05, 0.1) is 0 Å². The summed E-state index contributed by atoms with van der Waals surface area (Å²) in [5, 5.41) is 0. The van der Waals surface area contributed by atoms with Gasteiger partial charge in [0.15, 0.2) is 0 Å². The molecule has 0 bridgehead atoms. The molecule has 0 radical (unpaired) electrons. The molecule has 5 heteroatoms. The van der Waals surface area contributed by atoms with Crippen molar-refractivity contribution in [2.45, 2.75) is 53.2 Å². The Bertz CT molecular complexity index is 551. The highest BCUT2D eigenvalue weighted by molar-refractivity contribution is 5.69. The molecule has 1 saturated heterocycles. The molecule has 0 saturated carbocycles. The van der Waals surface area contributed by atoms with E-state index < -0.39 is 5.60 Å². The number of carbonyl (C=O) groups excluding carboxylic acids is 1. The average Bonchev–Trinajstić information content (AvgIpc) is 2.36. The van der Waals surface area contributed by atoms with E-state index in [1.165, 1.54) is 11.1 Å². The predicted molar refractivity (Wildman–Crippen MR) is 88.3 cm³/mol. The van der Waals surface area contributed by atoms with E-state index in [0.29, 0.717) is 6.54 Å². The number of ether oxygens (including phenoxy) is 1. The van der Waals surface area contributed by atoms with Gasteiger partial charge in [-0.1, -0.05) is 6.07 Å². The predicted octanol–water partition coefficient (Wildman–Crippen LogP) is 3.14. The number of nitrogens with zero attached hydrogens (tertiary/aromatic N) is 3. The molecule has 1 fully saturated rings. The number of aromatic nitrogens is 1. The fourth-order valence-corrected chi connectivity index (χ4v) is 2.78. The maximum atomic E-state index is 12.2. The van der Waals surface area contributed by atoms with Crippen LogP contribution >= 0.6 is 0 Å².